The highest BCUT2D eigenvalue weighted by Crippen LogP contribution is 2.53. The summed E-state index contributed by atoms with van der Waals surface area (Å²) in [6, 6.07) is 0. The molecule has 2 fully saturated rings. The van der Waals surface area contributed by atoms with Crippen LogP contribution in [-0.2, 0) is 9.30 Å². The van der Waals surface area contributed by atoms with Crippen LogP contribution in [0, 0.1) is 11.8 Å². The van der Waals surface area contributed by atoms with Crippen LogP contribution in [0.1, 0.15) is 39.5 Å². The summed E-state index contributed by atoms with van der Waals surface area (Å²) in [5, 5.41) is 0.396. The van der Waals surface area contributed by atoms with E-state index in [1.807, 2.05) is 25.2 Å². The maximum absolute atomic E-state index is 12.8. The van der Waals surface area contributed by atoms with Crippen LogP contribution in [0.15, 0.2) is 35.7 Å². The van der Waals surface area contributed by atoms with Crippen molar-refractivity contribution < 1.29 is 14.2 Å². The van der Waals surface area contributed by atoms with E-state index in [4.69, 9.17) is 4.74 Å². The second kappa shape index (κ2) is 9.87. The van der Waals surface area contributed by atoms with Gasteiger partial charge in [-0.1, -0.05) is 38.5 Å². The minimum Gasteiger partial charge on any atom is -0.379 e. The maximum atomic E-state index is 12.8. The number of rotatable bonds is 7. The molecule has 1 saturated carbocycles. The fraction of sp³-hybridized carbons (Fsp3) is 0.700. The molecule has 1 aliphatic heterocycles. The number of hydrogen-bond donors (Lipinski definition) is 1. The zero-order chi connectivity index (χ0) is 18.3. The van der Waals surface area contributed by atoms with E-state index in [1.54, 1.807) is 0 Å². The van der Waals surface area contributed by atoms with Gasteiger partial charge >= 0.3 is 0 Å². The van der Waals surface area contributed by atoms with E-state index in [-0.39, 0.29) is 0 Å². The van der Waals surface area contributed by atoms with Crippen LogP contribution in [0.25, 0.3) is 0 Å². The SMILES string of the molecule is C=C(/C=C(\C=C/C)CN1CCOCC1)P(=O)(O)CC1CCC(C)CC1. The number of hydrogen-bond acceptors (Lipinski definition) is 3. The van der Waals surface area contributed by atoms with Crippen molar-refractivity contribution in [1.82, 2.24) is 4.90 Å². The molecule has 1 N–H and O–H groups in total. The molecule has 0 amide bonds. The Hall–Kier alpha value is -0.670. The van der Waals surface area contributed by atoms with Crippen molar-refractivity contribution in [3.8, 4) is 0 Å². The predicted molar refractivity (Wildman–Crippen MR) is 105 cm³/mol. The van der Waals surface area contributed by atoms with Gasteiger partial charge in [-0.05, 0) is 43.3 Å². The van der Waals surface area contributed by atoms with Crippen molar-refractivity contribution in [2.45, 2.75) is 39.5 Å². The van der Waals surface area contributed by atoms with Crippen LogP contribution in [0.5, 0.6) is 0 Å². The van der Waals surface area contributed by atoms with Crippen LogP contribution in [0.3, 0.4) is 0 Å². The minimum absolute atomic E-state index is 0.363. The highest BCUT2D eigenvalue weighted by molar-refractivity contribution is 7.62. The molecule has 4 nitrogen and oxygen atoms in total. The Bertz CT molecular complexity index is 541. The van der Waals surface area contributed by atoms with Crippen LogP contribution in [0.2, 0.25) is 0 Å². The van der Waals surface area contributed by atoms with Gasteiger partial charge in [0.25, 0.3) is 0 Å². The van der Waals surface area contributed by atoms with E-state index < -0.39 is 7.37 Å². The van der Waals surface area contributed by atoms with Gasteiger partial charge < -0.3 is 9.63 Å². The molecule has 25 heavy (non-hydrogen) atoms. The summed E-state index contributed by atoms with van der Waals surface area (Å²) in [7, 11) is -3.35. The smallest absolute Gasteiger partial charge is 0.229 e. The van der Waals surface area contributed by atoms with Crippen LogP contribution in [-0.4, -0.2) is 48.8 Å². The first-order valence-corrected chi connectivity index (χ1v) is 11.4. The molecule has 1 saturated heterocycles. The van der Waals surface area contributed by atoms with Crippen molar-refractivity contribution in [3.63, 3.8) is 0 Å². The van der Waals surface area contributed by atoms with Crippen LogP contribution >= 0.6 is 7.37 Å². The second-order valence-electron chi connectivity index (χ2n) is 7.61. The van der Waals surface area contributed by atoms with E-state index in [1.165, 1.54) is 12.8 Å². The molecule has 1 unspecified atom stereocenters. The van der Waals surface area contributed by atoms with Gasteiger partial charge in [-0.15, -0.1) is 0 Å². The Labute approximate surface area is 153 Å². The maximum Gasteiger partial charge on any atom is 0.229 e. The average molecular weight is 367 g/mol. The van der Waals surface area contributed by atoms with Gasteiger partial charge in [0.1, 0.15) is 0 Å². The first-order chi connectivity index (χ1) is 11.9. The summed E-state index contributed by atoms with van der Waals surface area (Å²) in [5.41, 5.74) is 1.04. The Morgan fingerprint density at radius 3 is 2.52 bits per heavy atom. The number of nitrogens with zero attached hydrogens (tertiary/aromatic N) is 1. The molecule has 0 radical (unpaired) electrons. The van der Waals surface area contributed by atoms with E-state index in [0.717, 1.165) is 57.2 Å². The van der Waals surface area contributed by atoms with Gasteiger partial charge in [-0.3, -0.25) is 9.46 Å². The molecule has 1 aliphatic carbocycles. The molecule has 1 heterocycles. The number of morpholine rings is 1. The summed E-state index contributed by atoms with van der Waals surface area (Å²) < 4.78 is 18.2. The third kappa shape index (κ3) is 6.86. The first kappa shape index (κ1) is 20.6. The fourth-order valence-electron chi connectivity index (χ4n) is 3.67. The third-order valence-electron chi connectivity index (χ3n) is 5.33. The van der Waals surface area contributed by atoms with Crippen molar-refractivity contribution in [3.05, 3.63) is 35.7 Å². The molecule has 0 aromatic rings. The van der Waals surface area contributed by atoms with Crippen molar-refractivity contribution in [1.29, 1.82) is 0 Å². The standard InChI is InChI=1S/C20H34NO3P/c1-4-5-20(15-21-10-12-24-13-11-21)14-18(3)25(22,23)16-19-8-6-17(2)7-9-19/h4-5,14,17,19H,3,6-13,15-16H2,1-2H3,(H,22,23)/b5-4-,20-14+. The lowest BCUT2D eigenvalue weighted by atomic mass is 9.84. The molecule has 5 heteroatoms. The molecule has 0 spiro atoms. The molecular formula is C20H34NO3P. The molecule has 0 bridgehead atoms. The molecular weight excluding hydrogens is 333 g/mol. The molecule has 2 aliphatic rings. The van der Waals surface area contributed by atoms with Gasteiger partial charge in [0.05, 0.1) is 13.2 Å². The zero-order valence-corrected chi connectivity index (χ0v) is 16.7. The van der Waals surface area contributed by atoms with Gasteiger partial charge in [0.15, 0.2) is 0 Å². The number of ether oxygens (including phenoxy) is 1. The summed E-state index contributed by atoms with van der Waals surface area (Å²) in [6.07, 6.45) is 10.7. The van der Waals surface area contributed by atoms with Gasteiger partial charge in [-0.2, -0.15) is 0 Å². The highest BCUT2D eigenvalue weighted by Gasteiger charge is 2.29. The van der Waals surface area contributed by atoms with Crippen LogP contribution < -0.4 is 0 Å². The van der Waals surface area contributed by atoms with Crippen molar-refractivity contribution >= 4 is 7.37 Å². The third-order valence-corrected chi connectivity index (χ3v) is 7.37. The Balaban J connectivity index is 1.98. The molecule has 2 rings (SSSR count). The quantitative estimate of drug-likeness (QED) is 0.534. The Morgan fingerprint density at radius 1 is 1.28 bits per heavy atom. The van der Waals surface area contributed by atoms with Gasteiger partial charge in [-0.25, -0.2) is 0 Å². The average Bonchev–Trinajstić information content (AvgIpc) is 2.58. The van der Waals surface area contributed by atoms with Crippen molar-refractivity contribution in [2.75, 3.05) is 39.0 Å². The van der Waals surface area contributed by atoms with E-state index in [9.17, 15) is 9.46 Å². The fourth-order valence-corrected chi connectivity index (χ4v) is 5.34. The molecule has 142 valence electrons. The lowest BCUT2D eigenvalue weighted by molar-refractivity contribution is 0.0426. The summed E-state index contributed by atoms with van der Waals surface area (Å²) in [6.45, 7) is 12.3. The monoisotopic (exact) mass is 367 g/mol. The van der Waals surface area contributed by atoms with Gasteiger partial charge in [0, 0.05) is 31.1 Å². The topological polar surface area (TPSA) is 49.8 Å². The summed E-state index contributed by atoms with van der Waals surface area (Å²) >= 11 is 0. The minimum atomic E-state index is -3.35. The summed E-state index contributed by atoms with van der Waals surface area (Å²) in [4.78, 5) is 12.9. The summed E-state index contributed by atoms with van der Waals surface area (Å²) in [5.74, 6) is 1.12. The highest BCUT2D eigenvalue weighted by atomic mass is 31.2. The van der Waals surface area contributed by atoms with E-state index in [2.05, 4.69) is 18.4 Å². The largest absolute Gasteiger partial charge is 0.379 e. The Morgan fingerprint density at radius 2 is 1.92 bits per heavy atom. The van der Waals surface area contributed by atoms with Gasteiger partial charge in [0.2, 0.25) is 7.37 Å². The molecule has 0 aromatic heterocycles. The number of allylic oxidation sites excluding steroid dienone is 3. The predicted octanol–water partition coefficient (Wildman–Crippen LogP) is 4.43. The van der Waals surface area contributed by atoms with Crippen LogP contribution in [0.4, 0.5) is 0 Å². The zero-order valence-electron chi connectivity index (χ0n) is 15.8. The second-order valence-corrected chi connectivity index (χ2v) is 9.95. The lowest BCUT2D eigenvalue weighted by Crippen LogP contribution is -2.37. The van der Waals surface area contributed by atoms with Crippen molar-refractivity contribution in [2.24, 2.45) is 11.8 Å². The normalized spacial score (nSPS) is 28.8. The molecule has 1 atom stereocenters. The Kier molecular flexibility index (Phi) is 8.15. The van der Waals surface area contributed by atoms with E-state index >= 15 is 0 Å². The lowest BCUT2D eigenvalue weighted by Gasteiger charge is -2.28. The molecule has 0 aromatic carbocycles. The van der Waals surface area contributed by atoms with E-state index in [0.29, 0.717) is 17.4 Å². The first-order valence-electron chi connectivity index (χ1n) is 9.55.